The minimum atomic E-state index is -0.866. The summed E-state index contributed by atoms with van der Waals surface area (Å²) in [5.41, 5.74) is 1.71. The number of aliphatic hydroxyl groups is 1. The van der Waals surface area contributed by atoms with Gasteiger partial charge in [0.2, 0.25) is 0 Å². The van der Waals surface area contributed by atoms with E-state index in [0.29, 0.717) is 31.6 Å². The molecule has 0 aromatic heterocycles. The third kappa shape index (κ3) is 3.26. The van der Waals surface area contributed by atoms with Crippen molar-refractivity contribution in [2.75, 3.05) is 18.0 Å². The second-order valence-corrected chi connectivity index (χ2v) is 6.49. The number of rotatable bonds is 3. The second-order valence-electron chi connectivity index (χ2n) is 6.49. The normalized spacial score (nSPS) is 21.3. The molecule has 24 heavy (non-hydrogen) atoms. The van der Waals surface area contributed by atoms with Gasteiger partial charge in [0, 0.05) is 19.2 Å². The molecular formula is C19H22N2O3. The molecule has 126 valence electrons. The molecule has 0 unspecified atom stereocenters. The minimum Gasteiger partial charge on any atom is -0.385 e. The lowest BCUT2D eigenvalue weighted by molar-refractivity contribution is -0.384. The smallest absolute Gasteiger partial charge is 0.292 e. The summed E-state index contributed by atoms with van der Waals surface area (Å²) in [5, 5.41) is 22.4. The maximum absolute atomic E-state index is 11.4. The van der Waals surface area contributed by atoms with E-state index >= 15 is 0 Å². The van der Waals surface area contributed by atoms with Crippen molar-refractivity contribution in [3.8, 4) is 0 Å². The Morgan fingerprint density at radius 2 is 1.88 bits per heavy atom. The first-order valence-corrected chi connectivity index (χ1v) is 8.27. The van der Waals surface area contributed by atoms with E-state index in [1.807, 2.05) is 54.3 Å². The maximum Gasteiger partial charge on any atom is 0.292 e. The van der Waals surface area contributed by atoms with Gasteiger partial charge in [-0.3, -0.25) is 10.1 Å². The molecule has 2 aromatic carbocycles. The van der Waals surface area contributed by atoms with Gasteiger partial charge in [0.25, 0.3) is 5.69 Å². The van der Waals surface area contributed by atoms with Crippen LogP contribution in [0.25, 0.3) is 0 Å². The van der Waals surface area contributed by atoms with Crippen LogP contribution in [0.4, 0.5) is 11.4 Å². The number of hydrogen-bond acceptors (Lipinski definition) is 4. The van der Waals surface area contributed by atoms with Crippen molar-refractivity contribution in [2.45, 2.75) is 31.8 Å². The van der Waals surface area contributed by atoms with Gasteiger partial charge in [-0.05, 0) is 43.4 Å². The van der Waals surface area contributed by atoms with E-state index in [1.165, 1.54) is 0 Å². The topological polar surface area (TPSA) is 66.6 Å². The largest absolute Gasteiger partial charge is 0.385 e. The van der Waals surface area contributed by atoms with Crippen LogP contribution in [0.2, 0.25) is 0 Å². The van der Waals surface area contributed by atoms with E-state index in [0.717, 1.165) is 17.5 Å². The van der Waals surface area contributed by atoms with Crippen molar-refractivity contribution in [3.05, 3.63) is 69.8 Å². The van der Waals surface area contributed by atoms with Crippen LogP contribution in [0.15, 0.2) is 48.5 Å². The fraction of sp³-hybridized carbons (Fsp3) is 0.368. The van der Waals surface area contributed by atoms with Gasteiger partial charge in [-0.2, -0.15) is 0 Å². The van der Waals surface area contributed by atoms with Crippen LogP contribution < -0.4 is 4.90 Å². The number of benzene rings is 2. The number of aryl methyl sites for hydroxylation is 1. The lowest BCUT2D eigenvalue weighted by Gasteiger charge is -2.28. The maximum atomic E-state index is 11.4. The predicted octanol–water partition coefficient (Wildman–Crippen LogP) is 3.78. The van der Waals surface area contributed by atoms with E-state index in [-0.39, 0.29) is 10.6 Å². The molecule has 5 heteroatoms. The molecule has 1 atom stereocenters. The molecule has 2 aromatic rings. The number of hydrogen-bond donors (Lipinski definition) is 1. The third-order valence-corrected chi connectivity index (χ3v) is 4.79. The zero-order valence-electron chi connectivity index (χ0n) is 13.8. The molecule has 0 saturated carbocycles. The molecule has 3 rings (SSSR count). The van der Waals surface area contributed by atoms with Crippen LogP contribution in [0.1, 0.15) is 30.4 Å². The Hall–Kier alpha value is -2.40. The summed E-state index contributed by atoms with van der Waals surface area (Å²) in [7, 11) is 0. The molecule has 1 fully saturated rings. The second kappa shape index (κ2) is 6.61. The zero-order chi connectivity index (χ0) is 17.2. The van der Waals surface area contributed by atoms with Crippen molar-refractivity contribution in [1.82, 2.24) is 0 Å². The summed E-state index contributed by atoms with van der Waals surface area (Å²) in [6.45, 7) is 3.15. The molecule has 1 heterocycles. The quantitative estimate of drug-likeness (QED) is 0.688. The molecule has 5 nitrogen and oxygen atoms in total. The Labute approximate surface area is 141 Å². The Bertz CT molecular complexity index is 733. The first-order chi connectivity index (χ1) is 11.5. The van der Waals surface area contributed by atoms with Gasteiger partial charge in [-0.15, -0.1) is 0 Å². The van der Waals surface area contributed by atoms with Crippen LogP contribution in [-0.2, 0) is 5.60 Å². The van der Waals surface area contributed by atoms with Crippen molar-refractivity contribution in [2.24, 2.45) is 0 Å². The standard InChI is InChI=1S/C19H22N2O3/c1-15-8-9-17(18(14-15)21(23)24)20-12-5-10-19(22,11-13-20)16-6-3-2-4-7-16/h2-4,6-9,14,22H,5,10-13H2,1H3/t19-/m1/s1. The summed E-state index contributed by atoms with van der Waals surface area (Å²) < 4.78 is 0. The predicted molar refractivity (Wildman–Crippen MR) is 94.2 cm³/mol. The third-order valence-electron chi connectivity index (χ3n) is 4.79. The molecule has 0 spiro atoms. The van der Waals surface area contributed by atoms with Gasteiger partial charge >= 0.3 is 0 Å². The van der Waals surface area contributed by atoms with Gasteiger partial charge in [0.1, 0.15) is 5.69 Å². The van der Waals surface area contributed by atoms with Crippen molar-refractivity contribution >= 4 is 11.4 Å². The molecule has 1 saturated heterocycles. The van der Waals surface area contributed by atoms with Gasteiger partial charge < -0.3 is 10.0 Å². The Morgan fingerprint density at radius 3 is 2.58 bits per heavy atom. The fourth-order valence-corrected chi connectivity index (χ4v) is 3.44. The molecule has 1 aliphatic heterocycles. The number of nitro groups is 1. The highest BCUT2D eigenvalue weighted by atomic mass is 16.6. The number of nitro benzene ring substituents is 1. The van der Waals surface area contributed by atoms with E-state index in [4.69, 9.17) is 0 Å². The first kappa shape index (κ1) is 16.5. The number of nitrogens with zero attached hydrogens (tertiary/aromatic N) is 2. The van der Waals surface area contributed by atoms with E-state index < -0.39 is 5.60 Å². The van der Waals surface area contributed by atoms with Crippen LogP contribution in [0, 0.1) is 17.0 Å². The Morgan fingerprint density at radius 1 is 1.12 bits per heavy atom. The average molecular weight is 326 g/mol. The van der Waals surface area contributed by atoms with E-state index in [1.54, 1.807) is 6.07 Å². The lowest BCUT2D eigenvalue weighted by Crippen LogP contribution is -2.29. The monoisotopic (exact) mass is 326 g/mol. The van der Waals surface area contributed by atoms with Crippen molar-refractivity contribution < 1.29 is 10.0 Å². The van der Waals surface area contributed by atoms with E-state index in [2.05, 4.69) is 0 Å². The SMILES string of the molecule is Cc1ccc(N2CCC[C@](O)(c3ccccc3)CC2)c([N+](=O)[O-])c1. The number of anilines is 1. The van der Waals surface area contributed by atoms with Gasteiger partial charge in [-0.25, -0.2) is 0 Å². The highest BCUT2D eigenvalue weighted by molar-refractivity contribution is 5.64. The average Bonchev–Trinajstić information content (AvgIpc) is 2.78. The summed E-state index contributed by atoms with van der Waals surface area (Å²) in [5.74, 6) is 0. The van der Waals surface area contributed by atoms with Gasteiger partial charge in [0.05, 0.1) is 10.5 Å². The van der Waals surface area contributed by atoms with Crippen LogP contribution in [0.5, 0.6) is 0 Å². The lowest BCUT2D eigenvalue weighted by atomic mass is 9.87. The Kier molecular flexibility index (Phi) is 4.53. The molecule has 0 radical (unpaired) electrons. The summed E-state index contributed by atoms with van der Waals surface area (Å²) in [6, 6.07) is 15.0. The summed E-state index contributed by atoms with van der Waals surface area (Å²) >= 11 is 0. The minimum absolute atomic E-state index is 0.139. The highest BCUT2D eigenvalue weighted by Crippen LogP contribution is 2.36. The van der Waals surface area contributed by atoms with Crippen LogP contribution in [-0.4, -0.2) is 23.1 Å². The summed E-state index contributed by atoms with van der Waals surface area (Å²) in [4.78, 5) is 13.1. The summed E-state index contributed by atoms with van der Waals surface area (Å²) in [6.07, 6.45) is 2.01. The molecule has 1 aliphatic rings. The van der Waals surface area contributed by atoms with Crippen LogP contribution in [0.3, 0.4) is 0 Å². The molecule has 0 aliphatic carbocycles. The fourth-order valence-electron chi connectivity index (χ4n) is 3.44. The Balaban J connectivity index is 1.85. The molecular weight excluding hydrogens is 304 g/mol. The molecule has 0 amide bonds. The molecule has 1 N–H and O–H groups in total. The molecule has 0 bridgehead atoms. The first-order valence-electron chi connectivity index (χ1n) is 8.27. The van der Waals surface area contributed by atoms with Crippen molar-refractivity contribution in [1.29, 1.82) is 0 Å². The van der Waals surface area contributed by atoms with Gasteiger partial charge in [0.15, 0.2) is 0 Å². The van der Waals surface area contributed by atoms with E-state index in [9.17, 15) is 15.2 Å². The van der Waals surface area contributed by atoms with Crippen molar-refractivity contribution in [3.63, 3.8) is 0 Å². The van der Waals surface area contributed by atoms with Crippen LogP contribution >= 0.6 is 0 Å². The zero-order valence-corrected chi connectivity index (χ0v) is 13.8. The van der Waals surface area contributed by atoms with Gasteiger partial charge in [-0.1, -0.05) is 36.4 Å². The highest BCUT2D eigenvalue weighted by Gasteiger charge is 2.33.